The fraction of sp³-hybridized carbons (Fsp3) is 0.786. The lowest BCUT2D eigenvalue weighted by Crippen LogP contribution is -2.40. The molecular weight excluding hydrogens is 240 g/mol. The lowest BCUT2D eigenvalue weighted by atomic mass is 9.99. The fourth-order valence-corrected chi connectivity index (χ4v) is 2.55. The second-order valence-electron chi connectivity index (χ2n) is 5.67. The molecule has 2 rings (SSSR count). The Balaban J connectivity index is 1.86. The molecule has 0 spiro atoms. The summed E-state index contributed by atoms with van der Waals surface area (Å²) in [6, 6.07) is 2.71. The molecule has 1 saturated heterocycles. The molecule has 1 fully saturated rings. The Bertz CT molecular complexity index is 371. The highest BCUT2D eigenvalue weighted by molar-refractivity contribution is 5.02. The van der Waals surface area contributed by atoms with Gasteiger partial charge in [0.15, 0.2) is 0 Å². The normalized spacial score (nSPS) is 21.8. The first-order chi connectivity index (χ1) is 9.19. The quantitative estimate of drug-likeness (QED) is 0.608. The summed E-state index contributed by atoms with van der Waals surface area (Å²) in [6.07, 6.45) is 7.81. The molecule has 2 unspecified atom stereocenters. The van der Waals surface area contributed by atoms with Gasteiger partial charge in [-0.3, -0.25) is 16.0 Å². The molecule has 108 valence electrons. The first kappa shape index (κ1) is 14.5. The minimum atomic E-state index is 0.235. The van der Waals surface area contributed by atoms with E-state index in [0.717, 1.165) is 31.6 Å². The van der Waals surface area contributed by atoms with Crippen molar-refractivity contribution in [3.8, 4) is 0 Å². The van der Waals surface area contributed by atoms with E-state index in [1.54, 1.807) is 0 Å². The summed E-state index contributed by atoms with van der Waals surface area (Å²) in [5, 5.41) is 4.57. The molecule has 0 radical (unpaired) electrons. The second-order valence-corrected chi connectivity index (χ2v) is 5.67. The van der Waals surface area contributed by atoms with Crippen molar-refractivity contribution in [2.75, 3.05) is 6.61 Å². The Morgan fingerprint density at radius 3 is 2.95 bits per heavy atom. The van der Waals surface area contributed by atoms with E-state index in [4.69, 9.17) is 10.6 Å². The first-order valence-corrected chi connectivity index (χ1v) is 7.30. The van der Waals surface area contributed by atoms with Gasteiger partial charge in [0, 0.05) is 31.3 Å². The summed E-state index contributed by atoms with van der Waals surface area (Å²) >= 11 is 0. The van der Waals surface area contributed by atoms with Crippen LogP contribution in [0.2, 0.25) is 0 Å². The molecule has 5 nitrogen and oxygen atoms in total. The predicted molar refractivity (Wildman–Crippen MR) is 75.6 cm³/mol. The van der Waals surface area contributed by atoms with E-state index in [-0.39, 0.29) is 6.04 Å². The molecule has 0 aromatic carbocycles. The van der Waals surface area contributed by atoms with Crippen LogP contribution in [0.5, 0.6) is 0 Å². The number of nitrogens with zero attached hydrogens (tertiary/aromatic N) is 2. The van der Waals surface area contributed by atoms with Gasteiger partial charge in [-0.15, -0.1) is 0 Å². The van der Waals surface area contributed by atoms with Crippen molar-refractivity contribution in [2.24, 2.45) is 5.84 Å². The molecule has 5 heteroatoms. The van der Waals surface area contributed by atoms with Crippen molar-refractivity contribution in [2.45, 2.75) is 64.1 Å². The number of nitrogens with two attached hydrogens (primary N) is 1. The molecule has 1 aromatic rings. The predicted octanol–water partition coefficient (Wildman–Crippen LogP) is 1.80. The van der Waals surface area contributed by atoms with Crippen LogP contribution in [0.1, 0.15) is 51.3 Å². The van der Waals surface area contributed by atoms with Gasteiger partial charge in [0.2, 0.25) is 0 Å². The van der Waals surface area contributed by atoms with Crippen LogP contribution in [-0.2, 0) is 11.2 Å². The van der Waals surface area contributed by atoms with Gasteiger partial charge < -0.3 is 4.74 Å². The van der Waals surface area contributed by atoms with E-state index in [0.29, 0.717) is 12.1 Å². The molecule has 0 saturated carbocycles. The maximum atomic E-state index is 5.77. The Morgan fingerprint density at radius 1 is 1.53 bits per heavy atom. The number of hydrogen-bond acceptors (Lipinski definition) is 4. The third-order valence-electron chi connectivity index (χ3n) is 3.71. The highest BCUT2D eigenvalue weighted by Gasteiger charge is 2.19. The van der Waals surface area contributed by atoms with E-state index in [1.165, 1.54) is 12.8 Å². The third-order valence-corrected chi connectivity index (χ3v) is 3.71. The van der Waals surface area contributed by atoms with E-state index in [9.17, 15) is 0 Å². The van der Waals surface area contributed by atoms with E-state index < -0.39 is 0 Å². The summed E-state index contributed by atoms with van der Waals surface area (Å²) in [6.45, 7) is 5.15. The summed E-state index contributed by atoms with van der Waals surface area (Å²) in [5.41, 5.74) is 4.00. The van der Waals surface area contributed by atoms with Gasteiger partial charge in [0.05, 0.1) is 11.8 Å². The Morgan fingerprint density at radius 2 is 2.37 bits per heavy atom. The zero-order valence-electron chi connectivity index (χ0n) is 12.0. The van der Waals surface area contributed by atoms with Gasteiger partial charge in [-0.25, -0.2) is 0 Å². The number of hydrogen-bond donors (Lipinski definition) is 2. The number of ether oxygens (including phenoxy) is 1. The maximum absolute atomic E-state index is 5.77. The third kappa shape index (κ3) is 4.30. The summed E-state index contributed by atoms with van der Waals surface area (Å²) in [5.74, 6) is 5.66. The molecule has 1 aromatic heterocycles. The van der Waals surface area contributed by atoms with Crippen molar-refractivity contribution in [3.05, 3.63) is 18.0 Å². The van der Waals surface area contributed by atoms with Crippen LogP contribution in [0.25, 0.3) is 0 Å². The van der Waals surface area contributed by atoms with Crippen LogP contribution in [0.4, 0.5) is 0 Å². The van der Waals surface area contributed by atoms with Crippen molar-refractivity contribution in [3.63, 3.8) is 0 Å². The molecule has 0 aliphatic carbocycles. The van der Waals surface area contributed by atoms with Crippen molar-refractivity contribution < 1.29 is 4.74 Å². The van der Waals surface area contributed by atoms with Crippen molar-refractivity contribution >= 4 is 0 Å². The number of aromatic nitrogens is 2. The van der Waals surface area contributed by atoms with Crippen LogP contribution in [-0.4, -0.2) is 28.5 Å². The molecule has 1 aliphatic rings. The topological polar surface area (TPSA) is 65.1 Å². The van der Waals surface area contributed by atoms with Crippen LogP contribution >= 0.6 is 0 Å². The summed E-state index contributed by atoms with van der Waals surface area (Å²) in [4.78, 5) is 0. The average Bonchev–Trinajstić information content (AvgIpc) is 2.88. The zero-order chi connectivity index (χ0) is 13.7. The lowest BCUT2D eigenvalue weighted by Gasteiger charge is -2.26. The van der Waals surface area contributed by atoms with Crippen molar-refractivity contribution in [1.82, 2.24) is 15.2 Å². The maximum Gasteiger partial charge on any atom is 0.0640 e. The van der Waals surface area contributed by atoms with Crippen molar-refractivity contribution in [1.29, 1.82) is 0 Å². The van der Waals surface area contributed by atoms with Crippen LogP contribution in [0, 0.1) is 0 Å². The smallest absolute Gasteiger partial charge is 0.0640 e. The Hall–Kier alpha value is -0.910. The van der Waals surface area contributed by atoms with Crippen LogP contribution in [0.15, 0.2) is 12.3 Å². The largest absolute Gasteiger partial charge is 0.378 e. The molecule has 0 bridgehead atoms. The van der Waals surface area contributed by atoms with Crippen LogP contribution in [0.3, 0.4) is 0 Å². The summed E-state index contributed by atoms with van der Waals surface area (Å²) < 4.78 is 7.76. The average molecular weight is 266 g/mol. The fourth-order valence-electron chi connectivity index (χ4n) is 2.55. The van der Waals surface area contributed by atoms with Crippen LogP contribution < -0.4 is 11.3 Å². The van der Waals surface area contributed by atoms with Gasteiger partial charge in [0.25, 0.3) is 0 Å². The zero-order valence-corrected chi connectivity index (χ0v) is 12.0. The molecule has 2 atom stereocenters. The molecule has 0 amide bonds. The Kier molecular flexibility index (Phi) is 5.36. The lowest BCUT2D eigenvalue weighted by molar-refractivity contribution is 0.00518. The highest BCUT2D eigenvalue weighted by Crippen LogP contribution is 2.18. The number of rotatable bonds is 6. The minimum absolute atomic E-state index is 0.235. The first-order valence-electron chi connectivity index (χ1n) is 7.30. The van der Waals surface area contributed by atoms with Gasteiger partial charge in [-0.05, 0) is 45.6 Å². The standard InChI is InChI=1S/C14H26N4O/c1-11(2)18-7-6-12(17-18)9-13(16-15)10-14-5-3-4-8-19-14/h6-7,11,13-14,16H,3-5,8-10,15H2,1-2H3. The SMILES string of the molecule is CC(C)n1ccc(CC(CC2CCCCO2)NN)n1. The van der Waals surface area contributed by atoms with Gasteiger partial charge in [-0.1, -0.05) is 0 Å². The molecule has 3 N–H and O–H groups in total. The molecular formula is C14H26N4O. The van der Waals surface area contributed by atoms with E-state index >= 15 is 0 Å². The van der Waals surface area contributed by atoms with Gasteiger partial charge in [0.1, 0.15) is 0 Å². The molecule has 19 heavy (non-hydrogen) atoms. The molecule has 2 heterocycles. The van der Waals surface area contributed by atoms with Gasteiger partial charge >= 0.3 is 0 Å². The summed E-state index contributed by atoms with van der Waals surface area (Å²) in [7, 11) is 0. The number of nitrogens with one attached hydrogen (secondary N) is 1. The Labute approximate surface area is 115 Å². The monoisotopic (exact) mass is 266 g/mol. The molecule has 1 aliphatic heterocycles. The second kappa shape index (κ2) is 7.03. The van der Waals surface area contributed by atoms with E-state index in [1.807, 2.05) is 10.9 Å². The van der Waals surface area contributed by atoms with E-state index in [2.05, 4.69) is 30.4 Å². The highest BCUT2D eigenvalue weighted by atomic mass is 16.5. The minimum Gasteiger partial charge on any atom is -0.378 e. The van der Waals surface area contributed by atoms with Gasteiger partial charge in [-0.2, -0.15) is 5.10 Å². The number of hydrazine groups is 1.